The number of para-hydroxylation sites is 1. The molecule has 0 bridgehead atoms. The van der Waals surface area contributed by atoms with Crippen LogP contribution in [0.25, 0.3) is 33.6 Å². The Bertz CT molecular complexity index is 1360. The van der Waals surface area contributed by atoms with Gasteiger partial charge in [-0.15, -0.1) is 5.10 Å². The predicted octanol–water partition coefficient (Wildman–Crippen LogP) is 2.57. The summed E-state index contributed by atoms with van der Waals surface area (Å²) in [6.07, 6.45) is 3.37. The standard InChI is InChI=1S/C19H13FN6O/c1-24-18-17(15-10-26(23-22-15)13-8-6-12(20)7-9-13)21-11-25(18)16-5-3-2-4-14(16)19(24)27/h2-11H,1H3. The Morgan fingerprint density at radius 2 is 1.81 bits per heavy atom. The highest BCUT2D eigenvalue weighted by Gasteiger charge is 2.17. The third-order valence-electron chi connectivity index (χ3n) is 4.59. The molecule has 0 amide bonds. The van der Waals surface area contributed by atoms with Crippen LogP contribution in [-0.4, -0.2) is 28.9 Å². The summed E-state index contributed by atoms with van der Waals surface area (Å²) in [6.45, 7) is 0. The summed E-state index contributed by atoms with van der Waals surface area (Å²) in [5, 5.41) is 8.90. The number of benzene rings is 2. The number of aryl methyl sites for hydroxylation is 1. The molecule has 8 heteroatoms. The number of hydrogen-bond donors (Lipinski definition) is 0. The van der Waals surface area contributed by atoms with E-state index in [9.17, 15) is 9.18 Å². The van der Waals surface area contributed by atoms with Crippen molar-refractivity contribution in [1.82, 2.24) is 28.9 Å². The Hall–Kier alpha value is -3.81. The summed E-state index contributed by atoms with van der Waals surface area (Å²) in [7, 11) is 1.71. The van der Waals surface area contributed by atoms with Gasteiger partial charge in [0.25, 0.3) is 5.56 Å². The van der Waals surface area contributed by atoms with Crippen molar-refractivity contribution in [1.29, 1.82) is 0 Å². The average molecular weight is 360 g/mol. The van der Waals surface area contributed by atoms with Crippen LogP contribution in [-0.2, 0) is 7.05 Å². The highest BCUT2D eigenvalue weighted by Crippen LogP contribution is 2.23. The van der Waals surface area contributed by atoms with Gasteiger partial charge in [-0.3, -0.25) is 13.8 Å². The monoisotopic (exact) mass is 360 g/mol. The summed E-state index contributed by atoms with van der Waals surface area (Å²) in [6, 6.07) is 13.3. The minimum absolute atomic E-state index is 0.106. The van der Waals surface area contributed by atoms with Gasteiger partial charge >= 0.3 is 0 Å². The van der Waals surface area contributed by atoms with E-state index < -0.39 is 0 Å². The fraction of sp³-hybridized carbons (Fsp3) is 0.0526. The summed E-state index contributed by atoms with van der Waals surface area (Å²) < 4.78 is 18.1. The molecule has 7 nitrogen and oxygen atoms in total. The lowest BCUT2D eigenvalue weighted by Gasteiger charge is -2.07. The zero-order chi connectivity index (χ0) is 18.5. The molecule has 0 spiro atoms. The summed E-state index contributed by atoms with van der Waals surface area (Å²) >= 11 is 0. The van der Waals surface area contributed by atoms with Crippen molar-refractivity contribution in [2.24, 2.45) is 7.05 Å². The third kappa shape index (κ3) is 2.27. The second kappa shape index (κ2) is 5.60. The molecule has 0 atom stereocenters. The van der Waals surface area contributed by atoms with Crippen LogP contribution in [0.4, 0.5) is 4.39 Å². The number of nitrogens with zero attached hydrogens (tertiary/aromatic N) is 6. The van der Waals surface area contributed by atoms with Crippen LogP contribution >= 0.6 is 0 Å². The van der Waals surface area contributed by atoms with Gasteiger partial charge in [-0.05, 0) is 36.4 Å². The highest BCUT2D eigenvalue weighted by molar-refractivity contribution is 5.84. The van der Waals surface area contributed by atoms with Crippen LogP contribution < -0.4 is 5.56 Å². The first kappa shape index (κ1) is 15.4. The van der Waals surface area contributed by atoms with E-state index in [1.54, 1.807) is 47.0 Å². The van der Waals surface area contributed by atoms with Gasteiger partial charge in [-0.1, -0.05) is 17.3 Å². The van der Waals surface area contributed by atoms with Crippen LogP contribution in [0, 0.1) is 5.82 Å². The lowest BCUT2D eigenvalue weighted by molar-refractivity contribution is 0.626. The fourth-order valence-electron chi connectivity index (χ4n) is 3.25. The molecule has 0 fully saturated rings. The SMILES string of the molecule is Cn1c(=O)c2ccccc2n2cnc(-c3cn(-c4ccc(F)cc4)nn3)c12. The summed E-state index contributed by atoms with van der Waals surface area (Å²) in [5.41, 5.74) is 3.05. The molecule has 0 saturated heterocycles. The maximum Gasteiger partial charge on any atom is 0.261 e. The normalized spacial score (nSPS) is 11.5. The first-order chi connectivity index (χ1) is 13.1. The van der Waals surface area contributed by atoms with E-state index in [-0.39, 0.29) is 11.4 Å². The summed E-state index contributed by atoms with van der Waals surface area (Å²) in [5.74, 6) is -0.318. The van der Waals surface area contributed by atoms with Crippen molar-refractivity contribution in [3.63, 3.8) is 0 Å². The molecule has 3 heterocycles. The molecule has 0 radical (unpaired) electrons. The van der Waals surface area contributed by atoms with Crippen LogP contribution in [0.2, 0.25) is 0 Å². The van der Waals surface area contributed by atoms with Crippen LogP contribution in [0.3, 0.4) is 0 Å². The molecule has 5 aromatic rings. The van der Waals surface area contributed by atoms with Crippen LogP contribution in [0.5, 0.6) is 0 Å². The largest absolute Gasteiger partial charge is 0.295 e. The van der Waals surface area contributed by atoms with Gasteiger partial charge in [0, 0.05) is 7.05 Å². The second-order valence-electron chi connectivity index (χ2n) is 6.19. The molecule has 27 heavy (non-hydrogen) atoms. The molecular formula is C19H13FN6O. The van der Waals surface area contributed by atoms with Gasteiger partial charge in [0.2, 0.25) is 0 Å². The molecular weight excluding hydrogens is 347 g/mol. The first-order valence-corrected chi connectivity index (χ1v) is 8.27. The van der Waals surface area contributed by atoms with E-state index in [1.807, 2.05) is 22.6 Å². The second-order valence-corrected chi connectivity index (χ2v) is 6.19. The molecule has 0 aliphatic rings. The number of rotatable bonds is 2. The zero-order valence-corrected chi connectivity index (χ0v) is 14.2. The molecule has 0 aliphatic carbocycles. The van der Waals surface area contributed by atoms with Crippen molar-refractivity contribution in [2.45, 2.75) is 0 Å². The van der Waals surface area contributed by atoms with Gasteiger partial charge < -0.3 is 0 Å². The number of aromatic nitrogens is 6. The van der Waals surface area contributed by atoms with E-state index in [2.05, 4.69) is 15.3 Å². The Balaban J connectivity index is 1.73. The quantitative estimate of drug-likeness (QED) is 0.485. The average Bonchev–Trinajstić information content (AvgIpc) is 3.34. The molecule has 0 N–H and O–H groups in total. The van der Waals surface area contributed by atoms with Gasteiger partial charge in [0.15, 0.2) is 0 Å². The van der Waals surface area contributed by atoms with Gasteiger partial charge in [0.1, 0.15) is 29.2 Å². The molecule has 3 aromatic heterocycles. The number of hydrogen-bond acceptors (Lipinski definition) is 4. The maximum absolute atomic E-state index is 13.1. The molecule has 0 saturated carbocycles. The molecule has 5 rings (SSSR count). The van der Waals surface area contributed by atoms with Crippen molar-refractivity contribution in [2.75, 3.05) is 0 Å². The number of halogens is 1. The minimum Gasteiger partial charge on any atom is -0.295 e. The maximum atomic E-state index is 13.1. The third-order valence-corrected chi connectivity index (χ3v) is 4.59. The number of fused-ring (bicyclic) bond motifs is 3. The van der Waals surface area contributed by atoms with Crippen molar-refractivity contribution >= 4 is 16.6 Å². The van der Waals surface area contributed by atoms with Gasteiger partial charge in [0.05, 0.1) is 22.8 Å². The minimum atomic E-state index is -0.318. The Morgan fingerprint density at radius 3 is 2.63 bits per heavy atom. The van der Waals surface area contributed by atoms with E-state index in [0.717, 1.165) is 5.52 Å². The smallest absolute Gasteiger partial charge is 0.261 e. The summed E-state index contributed by atoms with van der Waals surface area (Å²) in [4.78, 5) is 17.2. The lowest BCUT2D eigenvalue weighted by Crippen LogP contribution is -2.19. The molecule has 2 aromatic carbocycles. The van der Waals surface area contributed by atoms with Crippen LogP contribution in [0.15, 0.2) is 65.8 Å². The lowest BCUT2D eigenvalue weighted by atomic mass is 10.2. The molecule has 0 aliphatic heterocycles. The fourth-order valence-corrected chi connectivity index (χ4v) is 3.25. The van der Waals surface area contributed by atoms with Crippen LogP contribution in [0.1, 0.15) is 0 Å². The number of imidazole rings is 1. The van der Waals surface area contributed by atoms with Crippen molar-refractivity contribution in [3.8, 4) is 17.1 Å². The van der Waals surface area contributed by atoms with E-state index in [4.69, 9.17) is 0 Å². The van der Waals surface area contributed by atoms with Gasteiger partial charge in [-0.25, -0.2) is 14.1 Å². The highest BCUT2D eigenvalue weighted by atomic mass is 19.1. The van der Waals surface area contributed by atoms with Crippen molar-refractivity contribution < 1.29 is 4.39 Å². The first-order valence-electron chi connectivity index (χ1n) is 8.27. The van der Waals surface area contributed by atoms with E-state index in [1.165, 1.54) is 12.1 Å². The Kier molecular flexibility index (Phi) is 3.20. The Morgan fingerprint density at radius 1 is 1.04 bits per heavy atom. The zero-order valence-electron chi connectivity index (χ0n) is 14.2. The topological polar surface area (TPSA) is 70.0 Å². The van der Waals surface area contributed by atoms with Crippen molar-refractivity contribution in [3.05, 3.63) is 77.2 Å². The Labute approximate surface area is 151 Å². The molecule has 132 valence electrons. The van der Waals surface area contributed by atoms with E-state index >= 15 is 0 Å². The van der Waals surface area contributed by atoms with E-state index in [0.29, 0.717) is 28.1 Å². The molecule has 0 unspecified atom stereocenters. The van der Waals surface area contributed by atoms with Gasteiger partial charge in [-0.2, -0.15) is 0 Å². The predicted molar refractivity (Wildman–Crippen MR) is 98.3 cm³/mol.